The molecule has 0 aromatic heterocycles. The van der Waals surface area contributed by atoms with Crippen LogP contribution in [0.5, 0.6) is 0 Å². The van der Waals surface area contributed by atoms with Gasteiger partial charge in [-0.2, -0.15) is 4.31 Å². The molecule has 1 aromatic rings. The number of sulfonamides is 1. The molecular formula is C14H19ClFNO2S. The van der Waals surface area contributed by atoms with E-state index in [1.807, 2.05) is 13.8 Å². The quantitative estimate of drug-likeness (QED) is 0.801. The maximum absolute atomic E-state index is 13.9. The summed E-state index contributed by atoms with van der Waals surface area (Å²) in [5.41, 5.74) is 0.522. The molecule has 0 saturated carbocycles. The van der Waals surface area contributed by atoms with E-state index in [9.17, 15) is 12.8 Å². The molecule has 1 fully saturated rings. The Labute approximate surface area is 124 Å². The Balaban J connectivity index is 2.40. The zero-order valence-electron chi connectivity index (χ0n) is 11.7. The number of hydrogen-bond donors (Lipinski definition) is 0. The zero-order chi connectivity index (χ0) is 15.0. The molecule has 0 bridgehead atoms. The molecule has 1 saturated heterocycles. The van der Waals surface area contributed by atoms with Gasteiger partial charge in [-0.05, 0) is 36.0 Å². The predicted molar refractivity (Wildman–Crippen MR) is 77.7 cm³/mol. The maximum Gasteiger partial charge on any atom is 0.246 e. The summed E-state index contributed by atoms with van der Waals surface area (Å²) >= 11 is 5.70. The Morgan fingerprint density at radius 1 is 1.40 bits per heavy atom. The standard InChI is InChI=1S/C14H19ClFNO2S/c1-14(2)6-3-7-17(10-14)20(18,19)13-8-11(9-15)4-5-12(13)16/h4-5,8H,3,6-7,9-10H2,1-2H3. The molecule has 1 aromatic carbocycles. The summed E-state index contributed by atoms with van der Waals surface area (Å²) in [4.78, 5) is -0.270. The molecule has 6 heteroatoms. The van der Waals surface area contributed by atoms with Crippen LogP contribution in [0.2, 0.25) is 0 Å². The maximum atomic E-state index is 13.9. The summed E-state index contributed by atoms with van der Waals surface area (Å²) in [5, 5.41) is 0. The molecule has 0 amide bonds. The highest BCUT2D eigenvalue weighted by atomic mass is 35.5. The molecule has 0 aliphatic carbocycles. The molecule has 1 heterocycles. The van der Waals surface area contributed by atoms with E-state index in [2.05, 4.69) is 0 Å². The van der Waals surface area contributed by atoms with Gasteiger partial charge in [0.25, 0.3) is 0 Å². The molecule has 0 unspecified atom stereocenters. The van der Waals surface area contributed by atoms with Crippen molar-refractivity contribution in [3.63, 3.8) is 0 Å². The third-order valence-electron chi connectivity index (χ3n) is 3.63. The van der Waals surface area contributed by atoms with Crippen LogP contribution < -0.4 is 0 Å². The second kappa shape index (κ2) is 5.62. The minimum atomic E-state index is -3.80. The summed E-state index contributed by atoms with van der Waals surface area (Å²) in [6.07, 6.45) is 1.77. The van der Waals surface area contributed by atoms with E-state index in [0.29, 0.717) is 18.7 Å². The van der Waals surface area contributed by atoms with Crippen LogP contribution >= 0.6 is 11.6 Å². The van der Waals surface area contributed by atoms with Crippen LogP contribution in [0.25, 0.3) is 0 Å². The van der Waals surface area contributed by atoms with Crippen molar-refractivity contribution in [1.82, 2.24) is 4.31 Å². The molecule has 0 N–H and O–H groups in total. The van der Waals surface area contributed by atoms with Gasteiger partial charge in [0.1, 0.15) is 10.7 Å². The van der Waals surface area contributed by atoms with Gasteiger partial charge >= 0.3 is 0 Å². The summed E-state index contributed by atoms with van der Waals surface area (Å²) in [5.74, 6) is -0.559. The van der Waals surface area contributed by atoms with Crippen LogP contribution in [0.1, 0.15) is 32.3 Å². The van der Waals surface area contributed by atoms with Crippen molar-refractivity contribution in [3.05, 3.63) is 29.6 Å². The van der Waals surface area contributed by atoms with E-state index in [1.54, 1.807) is 0 Å². The fourth-order valence-corrected chi connectivity index (χ4v) is 4.49. The van der Waals surface area contributed by atoms with E-state index in [1.165, 1.54) is 22.5 Å². The van der Waals surface area contributed by atoms with Gasteiger partial charge in [0, 0.05) is 19.0 Å². The second-order valence-electron chi connectivity index (χ2n) is 6.00. The van der Waals surface area contributed by atoms with E-state index in [4.69, 9.17) is 11.6 Å². The average molecular weight is 320 g/mol. The van der Waals surface area contributed by atoms with E-state index >= 15 is 0 Å². The Morgan fingerprint density at radius 3 is 2.70 bits per heavy atom. The van der Waals surface area contributed by atoms with Gasteiger partial charge < -0.3 is 0 Å². The van der Waals surface area contributed by atoms with Crippen molar-refractivity contribution in [2.75, 3.05) is 13.1 Å². The van der Waals surface area contributed by atoms with Crippen molar-refractivity contribution in [1.29, 1.82) is 0 Å². The van der Waals surface area contributed by atoms with Crippen LogP contribution in [0.15, 0.2) is 23.1 Å². The lowest BCUT2D eigenvalue weighted by atomic mass is 9.85. The highest BCUT2D eigenvalue weighted by molar-refractivity contribution is 7.89. The van der Waals surface area contributed by atoms with Crippen molar-refractivity contribution >= 4 is 21.6 Å². The molecule has 112 valence electrons. The predicted octanol–water partition coefficient (Wildman–Crippen LogP) is 3.38. The molecule has 20 heavy (non-hydrogen) atoms. The van der Waals surface area contributed by atoms with Gasteiger partial charge in [-0.1, -0.05) is 19.9 Å². The number of benzene rings is 1. The van der Waals surface area contributed by atoms with E-state index < -0.39 is 15.8 Å². The van der Waals surface area contributed by atoms with Crippen molar-refractivity contribution in [2.24, 2.45) is 5.41 Å². The molecule has 1 aliphatic heterocycles. The number of nitrogens with zero attached hydrogens (tertiary/aromatic N) is 1. The first-order chi connectivity index (χ1) is 9.26. The second-order valence-corrected chi connectivity index (χ2v) is 8.18. The van der Waals surface area contributed by atoms with Crippen LogP contribution in [0, 0.1) is 11.2 Å². The third kappa shape index (κ3) is 3.15. The largest absolute Gasteiger partial charge is 0.246 e. The topological polar surface area (TPSA) is 37.4 Å². The van der Waals surface area contributed by atoms with E-state index in [-0.39, 0.29) is 16.2 Å². The number of alkyl halides is 1. The first-order valence-electron chi connectivity index (χ1n) is 6.61. The highest BCUT2D eigenvalue weighted by Gasteiger charge is 2.35. The smallest absolute Gasteiger partial charge is 0.207 e. The average Bonchev–Trinajstić information content (AvgIpc) is 2.38. The van der Waals surface area contributed by atoms with Gasteiger partial charge in [0.2, 0.25) is 10.0 Å². The lowest BCUT2D eigenvalue weighted by Gasteiger charge is -2.37. The van der Waals surface area contributed by atoms with Crippen LogP contribution in [-0.2, 0) is 15.9 Å². The lowest BCUT2D eigenvalue weighted by molar-refractivity contribution is 0.186. The molecule has 0 radical (unpaired) electrons. The number of halogens is 2. The SMILES string of the molecule is CC1(C)CCCN(S(=O)(=O)c2cc(CCl)ccc2F)C1. The Bertz CT molecular complexity index is 601. The summed E-state index contributed by atoms with van der Waals surface area (Å²) < 4.78 is 40.5. The molecule has 1 aliphatic rings. The van der Waals surface area contributed by atoms with Gasteiger partial charge in [0.15, 0.2) is 0 Å². The van der Waals surface area contributed by atoms with Crippen molar-refractivity contribution in [3.8, 4) is 0 Å². The fraction of sp³-hybridized carbons (Fsp3) is 0.571. The van der Waals surface area contributed by atoms with E-state index in [0.717, 1.165) is 12.8 Å². The Kier molecular flexibility index (Phi) is 4.42. The summed E-state index contributed by atoms with van der Waals surface area (Å²) in [6.45, 7) is 4.91. The normalized spacial score (nSPS) is 20.0. The van der Waals surface area contributed by atoms with Gasteiger partial charge in [-0.25, -0.2) is 12.8 Å². The minimum absolute atomic E-state index is 0.0775. The number of piperidine rings is 1. The fourth-order valence-electron chi connectivity index (χ4n) is 2.54. The molecule has 3 nitrogen and oxygen atoms in total. The summed E-state index contributed by atoms with van der Waals surface area (Å²) in [6, 6.07) is 4.00. The molecule has 0 spiro atoms. The third-order valence-corrected chi connectivity index (χ3v) is 5.80. The Morgan fingerprint density at radius 2 is 2.10 bits per heavy atom. The molecule has 2 rings (SSSR count). The van der Waals surface area contributed by atoms with Gasteiger partial charge in [0.05, 0.1) is 0 Å². The molecular weight excluding hydrogens is 301 g/mol. The van der Waals surface area contributed by atoms with Gasteiger partial charge in [-0.15, -0.1) is 11.6 Å². The Hall–Kier alpha value is -0.650. The molecule has 0 atom stereocenters. The first kappa shape index (κ1) is 15.7. The monoisotopic (exact) mass is 319 g/mol. The van der Waals surface area contributed by atoms with Crippen LogP contribution in [-0.4, -0.2) is 25.8 Å². The highest BCUT2D eigenvalue weighted by Crippen LogP contribution is 2.32. The van der Waals surface area contributed by atoms with Crippen LogP contribution in [0.4, 0.5) is 4.39 Å². The first-order valence-corrected chi connectivity index (χ1v) is 8.58. The lowest BCUT2D eigenvalue weighted by Crippen LogP contribution is -2.43. The zero-order valence-corrected chi connectivity index (χ0v) is 13.3. The van der Waals surface area contributed by atoms with Crippen molar-refractivity contribution < 1.29 is 12.8 Å². The van der Waals surface area contributed by atoms with Crippen molar-refractivity contribution in [2.45, 2.75) is 37.5 Å². The number of rotatable bonds is 3. The summed E-state index contributed by atoms with van der Waals surface area (Å²) in [7, 11) is -3.80. The number of hydrogen-bond acceptors (Lipinski definition) is 2. The van der Waals surface area contributed by atoms with Crippen LogP contribution in [0.3, 0.4) is 0 Å². The van der Waals surface area contributed by atoms with Gasteiger partial charge in [-0.3, -0.25) is 0 Å². The minimum Gasteiger partial charge on any atom is -0.207 e.